The number of nitrogens with zero attached hydrogens (tertiary/aromatic N) is 2. The minimum absolute atomic E-state index is 0.0137. The van der Waals surface area contributed by atoms with Gasteiger partial charge in [-0.15, -0.1) is 11.3 Å². The molecule has 0 aromatic carbocycles. The van der Waals surface area contributed by atoms with Crippen molar-refractivity contribution >= 4 is 37.0 Å². The highest BCUT2D eigenvalue weighted by Gasteiger charge is 2.36. The maximum atomic E-state index is 11.8. The molecular weight excluding hydrogens is 320 g/mol. The number of halogens is 1. The van der Waals surface area contributed by atoms with Gasteiger partial charge in [-0.2, -0.15) is 0 Å². The van der Waals surface area contributed by atoms with E-state index in [0.717, 1.165) is 10.7 Å². The van der Waals surface area contributed by atoms with E-state index in [1.165, 1.54) is 0 Å². The van der Waals surface area contributed by atoms with E-state index in [9.17, 15) is 13.2 Å². The molecule has 1 unspecified atom stereocenters. The quantitative estimate of drug-likeness (QED) is 0.771. The number of hydrogen-bond acceptors (Lipinski definition) is 5. The molecule has 0 aliphatic carbocycles. The third-order valence-corrected chi connectivity index (χ3v) is 6.34. The van der Waals surface area contributed by atoms with E-state index < -0.39 is 14.3 Å². The van der Waals surface area contributed by atoms with Gasteiger partial charge in [-0.05, 0) is 0 Å². The second-order valence-electron chi connectivity index (χ2n) is 5.22. The zero-order chi connectivity index (χ0) is 14.9. The molecular formula is C12H17ClN2O3S2. The molecule has 0 N–H and O–H groups in total. The highest BCUT2D eigenvalue weighted by atomic mass is 35.7. The van der Waals surface area contributed by atoms with Gasteiger partial charge < -0.3 is 4.90 Å². The third kappa shape index (κ3) is 3.71. The molecule has 0 bridgehead atoms. The Hall–Kier alpha value is -0.660. The van der Waals surface area contributed by atoms with E-state index in [4.69, 9.17) is 10.7 Å². The van der Waals surface area contributed by atoms with Crippen LogP contribution >= 0.6 is 22.0 Å². The smallest absolute Gasteiger partial charge is 0.237 e. The third-order valence-electron chi connectivity index (χ3n) is 3.28. The molecule has 20 heavy (non-hydrogen) atoms. The molecule has 1 atom stereocenters. The Morgan fingerprint density at radius 2 is 2.25 bits per heavy atom. The summed E-state index contributed by atoms with van der Waals surface area (Å²) in [5.74, 6) is 0.242. The molecule has 2 heterocycles. The molecule has 1 saturated heterocycles. The van der Waals surface area contributed by atoms with Crippen molar-refractivity contribution in [1.29, 1.82) is 0 Å². The van der Waals surface area contributed by atoms with Crippen LogP contribution in [0.3, 0.4) is 0 Å². The van der Waals surface area contributed by atoms with Gasteiger partial charge in [0.05, 0.1) is 10.7 Å². The summed E-state index contributed by atoms with van der Waals surface area (Å²) in [6.07, 6.45) is 0.629. The molecule has 1 amide bonds. The number of aromatic nitrogens is 1. The van der Waals surface area contributed by atoms with Crippen molar-refractivity contribution < 1.29 is 13.2 Å². The van der Waals surface area contributed by atoms with Crippen molar-refractivity contribution in [2.75, 3.05) is 13.1 Å². The fourth-order valence-corrected chi connectivity index (χ4v) is 4.02. The van der Waals surface area contributed by atoms with Crippen molar-refractivity contribution in [2.24, 2.45) is 0 Å². The molecule has 1 aliphatic heterocycles. The average Bonchev–Trinajstić information content (AvgIpc) is 2.92. The topological polar surface area (TPSA) is 67.3 Å². The van der Waals surface area contributed by atoms with Crippen LogP contribution in [0.1, 0.15) is 36.9 Å². The van der Waals surface area contributed by atoms with E-state index in [1.807, 2.05) is 5.38 Å². The molecule has 1 aromatic rings. The predicted molar refractivity (Wildman–Crippen MR) is 79.7 cm³/mol. The Morgan fingerprint density at radius 1 is 1.55 bits per heavy atom. The minimum atomic E-state index is -3.66. The Labute approximate surface area is 127 Å². The van der Waals surface area contributed by atoms with Crippen LogP contribution in [0.15, 0.2) is 5.38 Å². The number of amides is 1. The fourth-order valence-electron chi connectivity index (χ4n) is 2.09. The monoisotopic (exact) mass is 336 g/mol. The van der Waals surface area contributed by atoms with Gasteiger partial charge in [0.1, 0.15) is 5.25 Å². The summed E-state index contributed by atoms with van der Waals surface area (Å²) >= 11 is 1.61. The van der Waals surface area contributed by atoms with E-state index in [2.05, 4.69) is 18.8 Å². The number of likely N-dealkylation sites (tertiary alicyclic amines) is 1. The number of rotatable bonds is 5. The first-order chi connectivity index (χ1) is 9.27. The SMILES string of the molecule is CC(C)c1nc(CCN2CC(S(=O)(=O)Cl)CC2=O)cs1. The summed E-state index contributed by atoms with van der Waals surface area (Å²) in [5.41, 5.74) is 0.948. The van der Waals surface area contributed by atoms with Gasteiger partial charge in [-0.3, -0.25) is 4.79 Å². The van der Waals surface area contributed by atoms with Gasteiger partial charge in [0, 0.05) is 47.9 Å². The standard InChI is InChI=1S/C12H17ClN2O3S2/c1-8(2)12-14-9(7-19-12)3-4-15-6-10(5-11(15)16)20(13,17)18/h7-8,10H,3-6H2,1-2H3. The summed E-state index contributed by atoms with van der Waals surface area (Å²) < 4.78 is 22.5. The van der Waals surface area contributed by atoms with Crippen LogP contribution in [0.4, 0.5) is 0 Å². The highest BCUT2D eigenvalue weighted by Crippen LogP contribution is 2.23. The summed E-state index contributed by atoms with van der Waals surface area (Å²) in [4.78, 5) is 17.8. The lowest BCUT2D eigenvalue weighted by Crippen LogP contribution is -2.29. The molecule has 1 aromatic heterocycles. The van der Waals surface area contributed by atoms with Crippen molar-refractivity contribution in [3.63, 3.8) is 0 Å². The number of carbonyl (C=O) groups is 1. The second-order valence-corrected chi connectivity index (χ2v) is 9.02. The van der Waals surface area contributed by atoms with Gasteiger partial charge >= 0.3 is 0 Å². The zero-order valence-electron chi connectivity index (χ0n) is 11.4. The van der Waals surface area contributed by atoms with Crippen molar-refractivity contribution in [3.05, 3.63) is 16.1 Å². The van der Waals surface area contributed by atoms with Crippen LogP contribution in [0.25, 0.3) is 0 Å². The van der Waals surface area contributed by atoms with E-state index in [-0.39, 0.29) is 18.9 Å². The summed E-state index contributed by atoms with van der Waals surface area (Å²) in [6.45, 7) is 4.85. The van der Waals surface area contributed by atoms with Gasteiger partial charge in [0.25, 0.3) is 0 Å². The molecule has 1 fully saturated rings. The van der Waals surface area contributed by atoms with Gasteiger partial charge in [0.15, 0.2) is 0 Å². The Kier molecular flexibility index (Phi) is 4.71. The Bertz CT molecular complexity index is 598. The summed E-state index contributed by atoms with van der Waals surface area (Å²) in [6, 6.07) is 0. The summed E-state index contributed by atoms with van der Waals surface area (Å²) in [5, 5.41) is 2.29. The lowest BCUT2D eigenvalue weighted by Gasteiger charge is -2.14. The number of carbonyl (C=O) groups excluding carboxylic acids is 1. The van der Waals surface area contributed by atoms with E-state index >= 15 is 0 Å². The van der Waals surface area contributed by atoms with Crippen LogP contribution < -0.4 is 0 Å². The van der Waals surface area contributed by atoms with E-state index in [1.54, 1.807) is 16.2 Å². The average molecular weight is 337 g/mol. The number of hydrogen-bond donors (Lipinski definition) is 0. The second kappa shape index (κ2) is 5.99. The first-order valence-electron chi connectivity index (χ1n) is 6.43. The molecule has 0 radical (unpaired) electrons. The maximum Gasteiger partial charge on any atom is 0.237 e. The minimum Gasteiger partial charge on any atom is -0.341 e. The highest BCUT2D eigenvalue weighted by molar-refractivity contribution is 8.14. The lowest BCUT2D eigenvalue weighted by molar-refractivity contribution is -0.127. The first kappa shape index (κ1) is 15.7. The molecule has 8 heteroatoms. The Morgan fingerprint density at radius 3 is 2.75 bits per heavy atom. The first-order valence-corrected chi connectivity index (χ1v) is 9.68. The molecule has 5 nitrogen and oxygen atoms in total. The van der Waals surface area contributed by atoms with Gasteiger partial charge in [-0.25, -0.2) is 13.4 Å². The molecule has 112 valence electrons. The van der Waals surface area contributed by atoms with Gasteiger partial charge in [0.2, 0.25) is 15.0 Å². The number of thiazole rings is 1. The molecule has 2 rings (SSSR count). The largest absolute Gasteiger partial charge is 0.341 e. The van der Waals surface area contributed by atoms with Crippen LogP contribution in [0.2, 0.25) is 0 Å². The predicted octanol–water partition coefficient (Wildman–Crippen LogP) is 1.98. The fraction of sp³-hybridized carbons (Fsp3) is 0.667. The lowest BCUT2D eigenvalue weighted by atomic mass is 10.2. The van der Waals surface area contributed by atoms with Crippen LogP contribution in [0.5, 0.6) is 0 Å². The van der Waals surface area contributed by atoms with Crippen LogP contribution in [0, 0.1) is 0 Å². The van der Waals surface area contributed by atoms with Crippen LogP contribution in [-0.2, 0) is 20.3 Å². The van der Waals surface area contributed by atoms with Crippen molar-refractivity contribution in [2.45, 2.75) is 37.9 Å². The van der Waals surface area contributed by atoms with E-state index in [0.29, 0.717) is 18.9 Å². The maximum absolute atomic E-state index is 11.8. The zero-order valence-corrected chi connectivity index (χ0v) is 13.8. The Balaban J connectivity index is 1.92. The molecule has 0 saturated carbocycles. The summed E-state index contributed by atoms with van der Waals surface area (Å²) in [7, 11) is 1.65. The van der Waals surface area contributed by atoms with Crippen molar-refractivity contribution in [3.8, 4) is 0 Å². The van der Waals surface area contributed by atoms with Gasteiger partial charge in [-0.1, -0.05) is 13.8 Å². The molecule has 1 aliphatic rings. The normalized spacial score (nSPS) is 20.1. The van der Waals surface area contributed by atoms with Crippen LogP contribution in [-0.4, -0.2) is 42.5 Å². The molecule has 0 spiro atoms. The van der Waals surface area contributed by atoms with Crippen molar-refractivity contribution in [1.82, 2.24) is 9.88 Å².